The molecule has 2 aliphatic carbocycles. The number of fused-ring (bicyclic) bond motifs is 1. The SMILES string of the molecule is Cc1ccc(C(O)C2C3CCCCC32)c(C)c1. The summed E-state index contributed by atoms with van der Waals surface area (Å²) in [5.41, 5.74) is 3.70. The molecule has 3 atom stereocenters. The van der Waals surface area contributed by atoms with Gasteiger partial charge in [0.05, 0.1) is 6.10 Å². The van der Waals surface area contributed by atoms with E-state index in [1.807, 2.05) is 0 Å². The average molecular weight is 230 g/mol. The molecule has 0 spiro atoms. The maximum Gasteiger partial charge on any atom is 0.0826 e. The van der Waals surface area contributed by atoms with Gasteiger partial charge < -0.3 is 5.11 Å². The summed E-state index contributed by atoms with van der Waals surface area (Å²) in [6.07, 6.45) is 5.21. The van der Waals surface area contributed by atoms with Gasteiger partial charge in [-0.15, -0.1) is 0 Å². The fraction of sp³-hybridized carbons (Fsp3) is 0.625. The smallest absolute Gasteiger partial charge is 0.0826 e. The van der Waals surface area contributed by atoms with Crippen LogP contribution in [0.5, 0.6) is 0 Å². The lowest BCUT2D eigenvalue weighted by Crippen LogP contribution is -2.04. The van der Waals surface area contributed by atoms with Crippen molar-refractivity contribution in [3.63, 3.8) is 0 Å². The van der Waals surface area contributed by atoms with Gasteiger partial charge in [-0.2, -0.15) is 0 Å². The van der Waals surface area contributed by atoms with Crippen molar-refractivity contribution < 1.29 is 5.11 Å². The van der Waals surface area contributed by atoms with E-state index in [0.717, 1.165) is 17.4 Å². The Morgan fingerprint density at radius 2 is 1.76 bits per heavy atom. The van der Waals surface area contributed by atoms with Crippen LogP contribution in [-0.2, 0) is 0 Å². The van der Waals surface area contributed by atoms with Gasteiger partial charge in [-0.1, -0.05) is 36.6 Å². The number of aryl methyl sites for hydroxylation is 2. The molecule has 0 heterocycles. The highest BCUT2D eigenvalue weighted by atomic mass is 16.3. The zero-order valence-corrected chi connectivity index (χ0v) is 10.8. The van der Waals surface area contributed by atoms with E-state index >= 15 is 0 Å². The summed E-state index contributed by atoms with van der Waals surface area (Å²) in [4.78, 5) is 0. The van der Waals surface area contributed by atoms with E-state index in [2.05, 4.69) is 32.0 Å². The molecular formula is C16H22O. The zero-order chi connectivity index (χ0) is 12.0. The van der Waals surface area contributed by atoms with Gasteiger partial charge in [-0.3, -0.25) is 0 Å². The highest BCUT2D eigenvalue weighted by molar-refractivity contribution is 5.33. The monoisotopic (exact) mass is 230 g/mol. The lowest BCUT2D eigenvalue weighted by molar-refractivity contribution is 0.141. The number of aliphatic hydroxyl groups is 1. The fourth-order valence-corrected chi connectivity index (χ4v) is 3.88. The Balaban J connectivity index is 1.80. The second-order valence-corrected chi connectivity index (χ2v) is 5.99. The Morgan fingerprint density at radius 3 is 2.35 bits per heavy atom. The van der Waals surface area contributed by atoms with E-state index in [9.17, 15) is 5.11 Å². The minimum Gasteiger partial charge on any atom is -0.388 e. The molecule has 3 unspecified atom stereocenters. The molecule has 0 amide bonds. The molecule has 1 aromatic carbocycles. The average Bonchev–Trinajstić information content (AvgIpc) is 3.02. The van der Waals surface area contributed by atoms with Gasteiger partial charge in [-0.25, -0.2) is 0 Å². The van der Waals surface area contributed by atoms with Gasteiger partial charge in [0.25, 0.3) is 0 Å². The van der Waals surface area contributed by atoms with E-state index in [-0.39, 0.29) is 6.10 Å². The first-order valence-corrected chi connectivity index (χ1v) is 6.93. The molecule has 1 heteroatoms. The van der Waals surface area contributed by atoms with E-state index in [0.29, 0.717) is 5.92 Å². The second kappa shape index (κ2) is 4.13. The molecule has 2 fully saturated rings. The molecule has 0 aromatic heterocycles. The van der Waals surface area contributed by atoms with Crippen LogP contribution in [0.1, 0.15) is 48.5 Å². The summed E-state index contributed by atoms with van der Waals surface area (Å²) in [6, 6.07) is 6.43. The van der Waals surface area contributed by atoms with Crippen molar-refractivity contribution in [1.82, 2.24) is 0 Å². The summed E-state index contributed by atoms with van der Waals surface area (Å²) >= 11 is 0. The third-order valence-electron chi connectivity index (χ3n) is 4.83. The van der Waals surface area contributed by atoms with Crippen LogP contribution in [0.15, 0.2) is 18.2 Å². The molecule has 92 valence electrons. The van der Waals surface area contributed by atoms with Crippen LogP contribution in [0.25, 0.3) is 0 Å². The Morgan fingerprint density at radius 1 is 1.12 bits per heavy atom. The van der Waals surface area contributed by atoms with Crippen LogP contribution in [0.3, 0.4) is 0 Å². The first kappa shape index (κ1) is 11.3. The van der Waals surface area contributed by atoms with Crippen molar-refractivity contribution in [2.24, 2.45) is 17.8 Å². The van der Waals surface area contributed by atoms with Crippen LogP contribution in [-0.4, -0.2) is 5.11 Å². The zero-order valence-electron chi connectivity index (χ0n) is 10.8. The van der Waals surface area contributed by atoms with Crippen molar-refractivity contribution in [2.75, 3.05) is 0 Å². The molecule has 0 radical (unpaired) electrons. The standard InChI is InChI=1S/C16H22O/c1-10-7-8-12(11(2)9-10)16(17)15-13-5-3-4-6-14(13)15/h7-9,13-17H,3-6H2,1-2H3. The van der Waals surface area contributed by atoms with Crippen molar-refractivity contribution >= 4 is 0 Å². The second-order valence-electron chi connectivity index (χ2n) is 5.99. The Kier molecular flexibility index (Phi) is 2.74. The molecule has 0 aliphatic heterocycles. The van der Waals surface area contributed by atoms with E-state index in [1.54, 1.807) is 0 Å². The minimum absolute atomic E-state index is 0.219. The van der Waals surface area contributed by atoms with E-state index < -0.39 is 0 Å². The molecule has 0 saturated heterocycles. The quantitative estimate of drug-likeness (QED) is 0.820. The van der Waals surface area contributed by atoms with E-state index in [1.165, 1.54) is 36.8 Å². The topological polar surface area (TPSA) is 20.2 Å². The third-order valence-corrected chi connectivity index (χ3v) is 4.83. The highest BCUT2D eigenvalue weighted by Crippen LogP contribution is 2.60. The molecule has 2 aliphatic rings. The first-order valence-electron chi connectivity index (χ1n) is 6.93. The fourth-order valence-electron chi connectivity index (χ4n) is 3.88. The summed E-state index contributed by atoms with van der Waals surface area (Å²) in [6.45, 7) is 4.23. The van der Waals surface area contributed by atoms with Gasteiger partial charge >= 0.3 is 0 Å². The van der Waals surface area contributed by atoms with Crippen molar-refractivity contribution in [3.8, 4) is 0 Å². The summed E-state index contributed by atoms with van der Waals surface area (Å²) in [7, 11) is 0. The Bertz CT molecular complexity index is 412. The molecule has 1 aromatic rings. The largest absolute Gasteiger partial charge is 0.388 e. The van der Waals surface area contributed by atoms with Crippen molar-refractivity contribution in [1.29, 1.82) is 0 Å². The maximum absolute atomic E-state index is 10.6. The lowest BCUT2D eigenvalue weighted by atomic mass is 9.97. The number of benzene rings is 1. The maximum atomic E-state index is 10.6. The summed E-state index contributed by atoms with van der Waals surface area (Å²) < 4.78 is 0. The van der Waals surface area contributed by atoms with Gasteiger partial charge in [0, 0.05) is 0 Å². The van der Waals surface area contributed by atoms with Crippen molar-refractivity contribution in [2.45, 2.75) is 45.6 Å². The van der Waals surface area contributed by atoms with Gasteiger partial charge in [0.1, 0.15) is 0 Å². The number of rotatable bonds is 2. The molecule has 17 heavy (non-hydrogen) atoms. The normalized spacial score (nSPS) is 33.0. The van der Waals surface area contributed by atoms with Gasteiger partial charge in [0.15, 0.2) is 0 Å². The molecule has 1 N–H and O–H groups in total. The first-order chi connectivity index (χ1) is 8.18. The van der Waals surface area contributed by atoms with E-state index in [4.69, 9.17) is 0 Å². The van der Waals surface area contributed by atoms with Crippen LogP contribution < -0.4 is 0 Å². The number of hydrogen-bond donors (Lipinski definition) is 1. The van der Waals surface area contributed by atoms with Gasteiger partial charge in [0.2, 0.25) is 0 Å². The summed E-state index contributed by atoms with van der Waals surface area (Å²) in [5.74, 6) is 2.19. The Hall–Kier alpha value is -0.820. The molecule has 3 rings (SSSR count). The number of hydrogen-bond acceptors (Lipinski definition) is 1. The third kappa shape index (κ3) is 1.91. The molecule has 0 bridgehead atoms. The predicted octanol–water partition coefficient (Wildman–Crippen LogP) is 3.77. The predicted molar refractivity (Wildman–Crippen MR) is 69.8 cm³/mol. The van der Waals surface area contributed by atoms with Crippen LogP contribution >= 0.6 is 0 Å². The minimum atomic E-state index is -0.219. The van der Waals surface area contributed by atoms with Crippen LogP contribution in [0.4, 0.5) is 0 Å². The highest BCUT2D eigenvalue weighted by Gasteiger charge is 2.54. The summed E-state index contributed by atoms with van der Waals surface area (Å²) in [5, 5.41) is 10.6. The molecule has 2 saturated carbocycles. The van der Waals surface area contributed by atoms with Gasteiger partial charge in [-0.05, 0) is 55.6 Å². The lowest BCUT2D eigenvalue weighted by Gasteiger charge is -2.14. The van der Waals surface area contributed by atoms with Crippen LogP contribution in [0.2, 0.25) is 0 Å². The van der Waals surface area contributed by atoms with Crippen molar-refractivity contribution in [3.05, 3.63) is 34.9 Å². The number of aliphatic hydroxyl groups excluding tert-OH is 1. The molecular weight excluding hydrogens is 208 g/mol. The molecule has 1 nitrogen and oxygen atoms in total. The van der Waals surface area contributed by atoms with Crippen LogP contribution in [0, 0.1) is 31.6 Å². The Labute approximate surface area is 104 Å².